The maximum atomic E-state index is 12.7. The minimum absolute atomic E-state index is 0.218. The van der Waals surface area contributed by atoms with Gasteiger partial charge in [0, 0.05) is 15.1 Å². The molecule has 0 aliphatic carbocycles. The Hall–Kier alpha value is -1.76. The van der Waals surface area contributed by atoms with E-state index in [1.54, 1.807) is 30.3 Å². The molecule has 3 rings (SSSR count). The van der Waals surface area contributed by atoms with Crippen molar-refractivity contribution in [1.82, 2.24) is 4.90 Å². The van der Waals surface area contributed by atoms with Crippen molar-refractivity contribution in [3.63, 3.8) is 0 Å². The van der Waals surface area contributed by atoms with Crippen LogP contribution < -0.4 is 4.74 Å². The number of nitrogens with zero attached hydrogens (tertiary/aromatic N) is 1. The molecule has 7 heteroatoms. The van der Waals surface area contributed by atoms with Gasteiger partial charge in [-0.2, -0.15) is 0 Å². The summed E-state index contributed by atoms with van der Waals surface area (Å²) in [7, 11) is 0. The van der Waals surface area contributed by atoms with Crippen molar-refractivity contribution >= 4 is 56.5 Å². The van der Waals surface area contributed by atoms with Gasteiger partial charge in [-0.25, -0.2) is 0 Å². The highest BCUT2D eigenvalue weighted by atomic mass is 79.9. The topological polar surface area (TPSA) is 46.6 Å². The van der Waals surface area contributed by atoms with Crippen LogP contribution in [0.15, 0.2) is 51.8 Å². The first kappa shape index (κ1) is 19.0. The molecule has 1 aliphatic heterocycles. The molecule has 0 bridgehead atoms. The second-order valence-electron chi connectivity index (χ2n) is 5.51. The van der Waals surface area contributed by atoms with E-state index in [4.69, 9.17) is 16.3 Å². The molecule has 0 N–H and O–H groups in total. The number of ether oxygens (including phenoxy) is 1. The van der Waals surface area contributed by atoms with E-state index in [-0.39, 0.29) is 17.7 Å². The lowest BCUT2D eigenvalue weighted by atomic mass is 10.1. The molecule has 0 radical (unpaired) electrons. The number of hydrogen-bond donors (Lipinski definition) is 0. The SMILES string of the molecule is CCOc1ccc(Br)cc1C=C1SC(=O)N(Cc2ccc(Cl)cc2)C1=O. The van der Waals surface area contributed by atoms with Crippen LogP contribution in [0.2, 0.25) is 5.02 Å². The van der Waals surface area contributed by atoms with Gasteiger partial charge in [-0.1, -0.05) is 39.7 Å². The Balaban J connectivity index is 1.85. The van der Waals surface area contributed by atoms with E-state index in [0.717, 1.165) is 27.4 Å². The van der Waals surface area contributed by atoms with Crippen molar-refractivity contribution in [1.29, 1.82) is 0 Å². The molecule has 2 amide bonds. The maximum Gasteiger partial charge on any atom is 0.293 e. The lowest BCUT2D eigenvalue weighted by Gasteiger charge is -2.12. The van der Waals surface area contributed by atoms with Gasteiger partial charge in [0.1, 0.15) is 5.75 Å². The van der Waals surface area contributed by atoms with E-state index >= 15 is 0 Å². The zero-order chi connectivity index (χ0) is 18.7. The Morgan fingerprint density at radius 2 is 1.92 bits per heavy atom. The molecule has 4 nitrogen and oxygen atoms in total. The molecular weight excluding hydrogens is 438 g/mol. The van der Waals surface area contributed by atoms with E-state index in [2.05, 4.69) is 15.9 Å². The van der Waals surface area contributed by atoms with Crippen LogP contribution >= 0.6 is 39.3 Å². The number of halogens is 2. The lowest BCUT2D eigenvalue weighted by Crippen LogP contribution is -2.27. The molecule has 0 spiro atoms. The molecule has 0 unspecified atom stereocenters. The standard InChI is InChI=1S/C19H15BrClNO3S/c1-2-25-16-8-5-14(20)9-13(16)10-17-18(23)22(19(24)26-17)11-12-3-6-15(21)7-4-12/h3-10H,2,11H2,1H3. The van der Waals surface area contributed by atoms with Gasteiger partial charge in [-0.3, -0.25) is 14.5 Å². The summed E-state index contributed by atoms with van der Waals surface area (Å²) in [5, 5.41) is 0.324. The van der Waals surface area contributed by atoms with E-state index in [9.17, 15) is 9.59 Å². The minimum atomic E-state index is -0.308. The van der Waals surface area contributed by atoms with Crippen molar-refractivity contribution in [3.8, 4) is 5.75 Å². The predicted octanol–water partition coefficient (Wildman–Crippen LogP) is 5.74. The van der Waals surface area contributed by atoms with Crippen LogP contribution in [-0.2, 0) is 11.3 Å². The lowest BCUT2D eigenvalue weighted by molar-refractivity contribution is -0.123. The van der Waals surface area contributed by atoms with Crippen LogP contribution in [0, 0.1) is 0 Å². The molecule has 1 heterocycles. The van der Waals surface area contributed by atoms with Crippen molar-refractivity contribution in [2.24, 2.45) is 0 Å². The largest absolute Gasteiger partial charge is 0.493 e. The average molecular weight is 453 g/mol. The number of imide groups is 1. The van der Waals surface area contributed by atoms with Crippen molar-refractivity contribution < 1.29 is 14.3 Å². The van der Waals surface area contributed by atoms with E-state index in [0.29, 0.717) is 22.3 Å². The number of carbonyl (C=O) groups is 2. The second-order valence-corrected chi connectivity index (χ2v) is 7.85. The molecule has 0 saturated carbocycles. The summed E-state index contributed by atoms with van der Waals surface area (Å²) in [5.74, 6) is 0.359. The first-order valence-electron chi connectivity index (χ1n) is 7.90. The second kappa shape index (κ2) is 8.29. The Morgan fingerprint density at radius 1 is 1.19 bits per heavy atom. The number of hydrogen-bond acceptors (Lipinski definition) is 4. The molecule has 1 saturated heterocycles. The fourth-order valence-electron chi connectivity index (χ4n) is 2.47. The van der Waals surface area contributed by atoms with E-state index in [1.165, 1.54) is 4.90 Å². The van der Waals surface area contributed by atoms with Gasteiger partial charge < -0.3 is 4.74 Å². The van der Waals surface area contributed by atoms with Crippen LogP contribution in [-0.4, -0.2) is 22.7 Å². The number of thioether (sulfide) groups is 1. The molecule has 2 aromatic rings. The van der Waals surface area contributed by atoms with E-state index in [1.807, 2.05) is 25.1 Å². The van der Waals surface area contributed by atoms with Crippen molar-refractivity contribution in [2.75, 3.05) is 6.61 Å². The van der Waals surface area contributed by atoms with Gasteiger partial charge in [0.2, 0.25) is 0 Å². The molecular formula is C19H15BrClNO3S. The highest BCUT2D eigenvalue weighted by Crippen LogP contribution is 2.35. The summed E-state index contributed by atoms with van der Waals surface area (Å²) in [6.07, 6.45) is 1.70. The minimum Gasteiger partial charge on any atom is -0.493 e. The van der Waals surface area contributed by atoms with Gasteiger partial charge in [0.15, 0.2) is 0 Å². The van der Waals surface area contributed by atoms with Crippen LogP contribution in [0.3, 0.4) is 0 Å². The maximum absolute atomic E-state index is 12.7. The molecule has 134 valence electrons. The summed E-state index contributed by atoms with van der Waals surface area (Å²) in [5.41, 5.74) is 1.59. The van der Waals surface area contributed by atoms with Crippen LogP contribution in [0.25, 0.3) is 6.08 Å². The predicted molar refractivity (Wildman–Crippen MR) is 108 cm³/mol. The number of carbonyl (C=O) groups excluding carboxylic acids is 2. The van der Waals surface area contributed by atoms with Crippen LogP contribution in [0.4, 0.5) is 4.79 Å². The summed E-state index contributed by atoms with van der Waals surface area (Å²) < 4.78 is 6.47. The molecule has 0 aromatic heterocycles. The smallest absolute Gasteiger partial charge is 0.293 e. The number of amides is 2. The van der Waals surface area contributed by atoms with Gasteiger partial charge in [-0.05, 0) is 60.7 Å². The zero-order valence-corrected chi connectivity index (χ0v) is 17.0. The zero-order valence-electron chi connectivity index (χ0n) is 13.9. The van der Waals surface area contributed by atoms with Crippen molar-refractivity contribution in [2.45, 2.75) is 13.5 Å². The fraction of sp³-hybridized carbons (Fsp3) is 0.158. The molecule has 0 atom stereocenters. The van der Waals surface area contributed by atoms with Gasteiger partial charge >= 0.3 is 0 Å². The first-order valence-corrected chi connectivity index (χ1v) is 9.89. The first-order chi connectivity index (χ1) is 12.5. The van der Waals surface area contributed by atoms with E-state index < -0.39 is 0 Å². The quantitative estimate of drug-likeness (QED) is 0.543. The Kier molecular flexibility index (Phi) is 6.06. The highest BCUT2D eigenvalue weighted by molar-refractivity contribution is 9.10. The normalized spacial score (nSPS) is 15.8. The third-order valence-corrected chi connectivity index (χ3v) is 5.34. The molecule has 2 aromatic carbocycles. The highest BCUT2D eigenvalue weighted by Gasteiger charge is 2.35. The summed E-state index contributed by atoms with van der Waals surface area (Å²) in [4.78, 5) is 26.6. The van der Waals surface area contributed by atoms with Crippen molar-refractivity contribution in [3.05, 3.63) is 68.0 Å². The fourth-order valence-corrected chi connectivity index (χ4v) is 3.80. The number of benzene rings is 2. The third-order valence-electron chi connectivity index (χ3n) is 3.69. The summed E-state index contributed by atoms with van der Waals surface area (Å²) in [6.45, 7) is 2.63. The summed E-state index contributed by atoms with van der Waals surface area (Å²) >= 11 is 10.2. The summed E-state index contributed by atoms with van der Waals surface area (Å²) in [6, 6.07) is 12.6. The molecule has 1 aliphatic rings. The third kappa shape index (κ3) is 4.31. The number of rotatable bonds is 5. The Labute approximate surface area is 169 Å². The molecule has 26 heavy (non-hydrogen) atoms. The monoisotopic (exact) mass is 451 g/mol. The van der Waals surface area contributed by atoms with Gasteiger partial charge in [-0.15, -0.1) is 0 Å². The van der Waals surface area contributed by atoms with Gasteiger partial charge in [0.05, 0.1) is 18.1 Å². The van der Waals surface area contributed by atoms with Crippen LogP contribution in [0.5, 0.6) is 5.75 Å². The Morgan fingerprint density at radius 3 is 2.62 bits per heavy atom. The molecule has 1 fully saturated rings. The average Bonchev–Trinajstić information content (AvgIpc) is 2.87. The Bertz CT molecular complexity index is 883. The van der Waals surface area contributed by atoms with Gasteiger partial charge in [0.25, 0.3) is 11.1 Å². The van der Waals surface area contributed by atoms with Crippen LogP contribution in [0.1, 0.15) is 18.1 Å².